The van der Waals surface area contributed by atoms with Gasteiger partial charge in [0.05, 0.1) is 5.56 Å². The van der Waals surface area contributed by atoms with Crippen molar-refractivity contribution in [2.45, 2.75) is 26.8 Å². The summed E-state index contributed by atoms with van der Waals surface area (Å²) in [4.78, 5) is 22.9. The molecule has 0 aliphatic heterocycles. The maximum atomic E-state index is 13.6. The third-order valence-electron chi connectivity index (χ3n) is 2.77. The maximum absolute atomic E-state index is 13.6. The molecule has 21 heavy (non-hydrogen) atoms. The molecule has 1 rings (SSSR count). The summed E-state index contributed by atoms with van der Waals surface area (Å²) in [6.45, 7) is 4.56. The zero-order valence-corrected chi connectivity index (χ0v) is 11.5. The van der Waals surface area contributed by atoms with Crippen LogP contribution in [0, 0.1) is 22.9 Å². The molecule has 116 valence electrons. The number of amides is 1. The molecule has 1 amide bonds. The minimum Gasteiger partial charge on any atom is -0.503 e. The Morgan fingerprint density at radius 2 is 1.71 bits per heavy atom. The monoisotopic (exact) mass is 305 g/mol. The number of aliphatic carboxylic acids is 1. The fourth-order valence-electron chi connectivity index (χ4n) is 1.61. The van der Waals surface area contributed by atoms with Crippen LogP contribution >= 0.6 is 0 Å². The van der Waals surface area contributed by atoms with Gasteiger partial charge in [0.1, 0.15) is 6.04 Å². The van der Waals surface area contributed by atoms with Crippen molar-refractivity contribution >= 4 is 11.9 Å². The van der Waals surface area contributed by atoms with Gasteiger partial charge in [0.15, 0.2) is 17.4 Å². The van der Waals surface area contributed by atoms with Gasteiger partial charge in [0, 0.05) is 0 Å². The molecule has 1 unspecified atom stereocenters. The standard InChI is InChI=1S/C13H14F3NO4/c1-13(2,3)10(12(20)21)17-11(19)5-4-6(14)8(16)9(18)7(5)15/h4,10,18H,1-3H3,(H,17,19)(H,20,21). The molecule has 0 bridgehead atoms. The number of nitrogens with one attached hydrogen (secondary N) is 1. The average molecular weight is 305 g/mol. The highest BCUT2D eigenvalue weighted by Gasteiger charge is 2.34. The normalized spacial score (nSPS) is 12.9. The van der Waals surface area contributed by atoms with Gasteiger partial charge in [-0.3, -0.25) is 4.79 Å². The van der Waals surface area contributed by atoms with Crippen LogP contribution in [0.4, 0.5) is 13.2 Å². The molecule has 0 saturated carbocycles. The van der Waals surface area contributed by atoms with Crippen molar-refractivity contribution in [3.8, 4) is 5.75 Å². The highest BCUT2D eigenvalue weighted by molar-refractivity contribution is 5.97. The highest BCUT2D eigenvalue weighted by Crippen LogP contribution is 2.26. The molecule has 0 fully saturated rings. The first-order chi connectivity index (χ1) is 9.46. The molecule has 1 atom stereocenters. The van der Waals surface area contributed by atoms with Crippen LogP contribution in [0.25, 0.3) is 0 Å². The molecule has 0 aliphatic carbocycles. The van der Waals surface area contributed by atoms with Crippen LogP contribution < -0.4 is 5.32 Å². The van der Waals surface area contributed by atoms with Crippen molar-refractivity contribution < 1.29 is 33.0 Å². The van der Waals surface area contributed by atoms with E-state index in [2.05, 4.69) is 0 Å². The lowest BCUT2D eigenvalue weighted by molar-refractivity contribution is -0.142. The van der Waals surface area contributed by atoms with Gasteiger partial charge >= 0.3 is 5.97 Å². The van der Waals surface area contributed by atoms with E-state index in [1.165, 1.54) is 20.8 Å². The molecule has 0 heterocycles. The Morgan fingerprint density at radius 3 is 2.14 bits per heavy atom. The van der Waals surface area contributed by atoms with Crippen molar-refractivity contribution in [3.63, 3.8) is 0 Å². The van der Waals surface area contributed by atoms with Gasteiger partial charge < -0.3 is 15.5 Å². The van der Waals surface area contributed by atoms with E-state index in [1.54, 1.807) is 0 Å². The summed E-state index contributed by atoms with van der Waals surface area (Å²) in [6, 6.07) is -1.14. The molecule has 0 radical (unpaired) electrons. The summed E-state index contributed by atoms with van der Waals surface area (Å²) >= 11 is 0. The average Bonchev–Trinajstić information content (AvgIpc) is 2.35. The molecule has 8 heteroatoms. The summed E-state index contributed by atoms with van der Waals surface area (Å²) in [5.74, 6) is -9.39. The Bertz CT molecular complexity index is 596. The Hall–Kier alpha value is -2.25. The van der Waals surface area contributed by atoms with Crippen molar-refractivity contribution in [1.82, 2.24) is 5.32 Å². The highest BCUT2D eigenvalue weighted by atomic mass is 19.2. The number of benzene rings is 1. The lowest BCUT2D eigenvalue weighted by Gasteiger charge is -2.27. The van der Waals surface area contributed by atoms with Crippen LogP contribution in [0.3, 0.4) is 0 Å². The Kier molecular flexibility index (Phi) is 4.50. The second-order valence-corrected chi connectivity index (χ2v) is 5.49. The van der Waals surface area contributed by atoms with E-state index in [4.69, 9.17) is 10.2 Å². The van der Waals surface area contributed by atoms with Gasteiger partial charge in [0.25, 0.3) is 5.91 Å². The Morgan fingerprint density at radius 1 is 1.19 bits per heavy atom. The first kappa shape index (κ1) is 16.8. The van der Waals surface area contributed by atoms with Gasteiger partial charge in [0.2, 0.25) is 5.82 Å². The topological polar surface area (TPSA) is 86.6 Å². The van der Waals surface area contributed by atoms with Crippen LogP contribution in [0.1, 0.15) is 31.1 Å². The quantitative estimate of drug-likeness (QED) is 0.746. The van der Waals surface area contributed by atoms with Gasteiger partial charge in [-0.25, -0.2) is 13.6 Å². The third kappa shape index (κ3) is 3.45. The fourth-order valence-corrected chi connectivity index (χ4v) is 1.61. The minimum absolute atomic E-state index is 0.251. The minimum atomic E-state index is -1.82. The molecule has 0 saturated heterocycles. The zero-order valence-electron chi connectivity index (χ0n) is 11.5. The SMILES string of the molecule is CC(C)(C)C(NC(=O)c1cc(F)c(F)c(O)c1F)C(=O)O. The van der Waals surface area contributed by atoms with E-state index >= 15 is 0 Å². The number of rotatable bonds is 3. The van der Waals surface area contributed by atoms with Crippen LogP contribution in [0.5, 0.6) is 5.75 Å². The number of carbonyl (C=O) groups is 2. The summed E-state index contributed by atoms with van der Waals surface area (Å²) < 4.78 is 39.6. The number of phenolic OH excluding ortho intramolecular Hbond substituents is 1. The van der Waals surface area contributed by atoms with E-state index in [1.807, 2.05) is 5.32 Å². The number of carboxylic acids is 1. The number of halogens is 3. The molecule has 1 aromatic rings. The smallest absolute Gasteiger partial charge is 0.326 e. The van der Waals surface area contributed by atoms with Crippen LogP contribution in [0.15, 0.2) is 6.07 Å². The van der Waals surface area contributed by atoms with Crippen LogP contribution in [-0.4, -0.2) is 28.1 Å². The van der Waals surface area contributed by atoms with E-state index in [-0.39, 0.29) is 6.07 Å². The number of phenols is 1. The fraction of sp³-hybridized carbons (Fsp3) is 0.385. The number of aromatic hydroxyl groups is 1. The van der Waals surface area contributed by atoms with E-state index in [0.29, 0.717) is 0 Å². The molecule has 0 aromatic heterocycles. The Labute approximate surface area is 118 Å². The lowest BCUT2D eigenvalue weighted by atomic mass is 9.86. The zero-order chi connectivity index (χ0) is 16.5. The lowest BCUT2D eigenvalue weighted by Crippen LogP contribution is -2.49. The number of hydrogen-bond donors (Lipinski definition) is 3. The van der Waals surface area contributed by atoms with Crippen molar-refractivity contribution in [2.24, 2.45) is 5.41 Å². The van der Waals surface area contributed by atoms with Crippen molar-refractivity contribution in [1.29, 1.82) is 0 Å². The van der Waals surface area contributed by atoms with E-state index < -0.39 is 52.1 Å². The molecule has 0 aliphatic rings. The second-order valence-electron chi connectivity index (χ2n) is 5.49. The van der Waals surface area contributed by atoms with Gasteiger partial charge in [-0.05, 0) is 11.5 Å². The molecular weight excluding hydrogens is 291 g/mol. The van der Waals surface area contributed by atoms with Crippen molar-refractivity contribution in [2.75, 3.05) is 0 Å². The number of hydrogen-bond acceptors (Lipinski definition) is 3. The first-order valence-electron chi connectivity index (χ1n) is 5.87. The maximum Gasteiger partial charge on any atom is 0.326 e. The molecule has 0 spiro atoms. The predicted octanol–water partition coefficient (Wildman–Crippen LogP) is 2.04. The van der Waals surface area contributed by atoms with E-state index in [9.17, 15) is 22.8 Å². The number of carbonyl (C=O) groups excluding carboxylic acids is 1. The van der Waals surface area contributed by atoms with E-state index in [0.717, 1.165) is 0 Å². The Balaban J connectivity index is 3.19. The second kappa shape index (κ2) is 5.63. The third-order valence-corrected chi connectivity index (χ3v) is 2.77. The van der Waals surface area contributed by atoms with Gasteiger partial charge in [-0.2, -0.15) is 4.39 Å². The molecular formula is C13H14F3NO4. The van der Waals surface area contributed by atoms with Gasteiger partial charge in [-0.15, -0.1) is 0 Å². The van der Waals surface area contributed by atoms with Gasteiger partial charge in [-0.1, -0.05) is 20.8 Å². The molecule has 1 aromatic carbocycles. The van der Waals surface area contributed by atoms with Crippen molar-refractivity contribution in [3.05, 3.63) is 29.1 Å². The first-order valence-corrected chi connectivity index (χ1v) is 5.87. The summed E-state index contributed by atoms with van der Waals surface area (Å²) in [5, 5.41) is 20.1. The molecule has 3 N–H and O–H groups in total. The largest absolute Gasteiger partial charge is 0.503 e. The van der Waals surface area contributed by atoms with Crippen LogP contribution in [0.2, 0.25) is 0 Å². The number of carboxylic acid groups (broad SMARTS) is 1. The molecule has 5 nitrogen and oxygen atoms in total. The van der Waals surface area contributed by atoms with Crippen LogP contribution in [-0.2, 0) is 4.79 Å². The predicted molar refractivity (Wildman–Crippen MR) is 66.3 cm³/mol. The summed E-state index contributed by atoms with van der Waals surface area (Å²) in [6.07, 6.45) is 0. The summed E-state index contributed by atoms with van der Waals surface area (Å²) in [5.41, 5.74) is -1.89. The summed E-state index contributed by atoms with van der Waals surface area (Å²) in [7, 11) is 0.